The first kappa shape index (κ1) is 9.09. The summed E-state index contributed by atoms with van der Waals surface area (Å²) in [4.78, 5) is 16.1. The van der Waals surface area contributed by atoms with E-state index < -0.39 is 0 Å². The summed E-state index contributed by atoms with van der Waals surface area (Å²) in [5.74, 6) is 0.0135. The number of hydrogen-bond acceptors (Lipinski definition) is 3. The number of fused-ring (bicyclic) bond motifs is 3. The molecular weight excluding hydrogens is 202 g/mol. The molecule has 1 aromatic heterocycles. The zero-order valence-electron chi connectivity index (χ0n) is 8.47. The van der Waals surface area contributed by atoms with E-state index in [2.05, 4.69) is 4.98 Å². The Labute approximate surface area is 92.1 Å². The molecule has 2 aromatic rings. The summed E-state index contributed by atoms with van der Waals surface area (Å²) in [7, 11) is 0. The molecule has 0 bridgehead atoms. The quantitative estimate of drug-likeness (QED) is 0.728. The molecule has 1 aromatic carbocycles. The molecule has 78 valence electrons. The van der Waals surface area contributed by atoms with Crippen molar-refractivity contribution in [1.29, 1.82) is 0 Å². The van der Waals surface area contributed by atoms with Gasteiger partial charge in [-0.15, -0.1) is 0 Å². The minimum absolute atomic E-state index is 0.0701. The Morgan fingerprint density at radius 1 is 1.25 bits per heavy atom. The Morgan fingerprint density at radius 2 is 2.06 bits per heavy atom. The summed E-state index contributed by atoms with van der Waals surface area (Å²) < 4.78 is 0. The number of aromatic nitrogens is 1. The van der Waals surface area contributed by atoms with Gasteiger partial charge < -0.3 is 5.11 Å². The van der Waals surface area contributed by atoms with Gasteiger partial charge in [-0.3, -0.25) is 9.78 Å². The van der Waals surface area contributed by atoms with Crippen molar-refractivity contribution < 1.29 is 9.90 Å². The fourth-order valence-corrected chi connectivity index (χ4v) is 2.04. The first-order valence-corrected chi connectivity index (χ1v) is 5.06. The van der Waals surface area contributed by atoms with E-state index in [1.54, 1.807) is 12.3 Å². The number of pyridine rings is 1. The van der Waals surface area contributed by atoms with E-state index >= 15 is 0 Å². The van der Waals surface area contributed by atoms with Crippen LogP contribution in [0.2, 0.25) is 0 Å². The van der Waals surface area contributed by atoms with Crippen molar-refractivity contribution in [2.45, 2.75) is 6.42 Å². The molecule has 1 aliphatic rings. The maximum absolute atomic E-state index is 11.9. The number of carbonyl (C=O) groups is 1. The average molecular weight is 211 g/mol. The molecule has 1 N–H and O–H groups in total. The fraction of sp³-hybridized carbons (Fsp3) is 0.0769. The van der Waals surface area contributed by atoms with Gasteiger partial charge in [-0.1, -0.05) is 24.3 Å². The van der Waals surface area contributed by atoms with E-state index in [0.29, 0.717) is 11.3 Å². The molecule has 0 unspecified atom stereocenters. The minimum atomic E-state index is -0.0701. The summed E-state index contributed by atoms with van der Waals surface area (Å²) >= 11 is 0. The second kappa shape index (κ2) is 3.17. The number of allylic oxidation sites excluding steroid dienone is 1. The van der Waals surface area contributed by atoms with Crippen LogP contribution in [0.1, 0.15) is 22.5 Å². The molecule has 0 aliphatic heterocycles. The van der Waals surface area contributed by atoms with Crippen molar-refractivity contribution in [3.63, 3.8) is 0 Å². The largest absolute Gasteiger partial charge is 0.512 e. The number of benzene rings is 1. The van der Waals surface area contributed by atoms with Crippen molar-refractivity contribution in [2.24, 2.45) is 0 Å². The number of carbonyl (C=O) groups excluding carboxylic acids is 1. The molecule has 0 spiro atoms. The third kappa shape index (κ3) is 1.21. The summed E-state index contributed by atoms with van der Waals surface area (Å²) in [6.07, 6.45) is 3.35. The highest BCUT2D eigenvalue weighted by Crippen LogP contribution is 2.27. The third-order valence-electron chi connectivity index (χ3n) is 2.75. The van der Waals surface area contributed by atoms with Crippen LogP contribution in [0.3, 0.4) is 0 Å². The molecule has 1 aliphatic carbocycles. The molecule has 1 heterocycles. The fourth-order valence-electron chi connectivity index (χ4n) is 2.04. The molecule has 3 rings (SSSR count). The normalized spacial score (nSPS) is 14.8. The lowest BCUT2D eigenvalue weighted by Crippen LogP contribution is -2.10. The topological polar surface area (TPSA) is 50.2 Å². The Kier molecular flexibility index (Phi) is 1.80. The maximum atomic E-state index is 11.9. The summed E-state index contributed by atoms with van der Waals surface area (Å²) in [6.45, 7) is 0. The van der Waals surface area contributed by atoms with Gasteiger partial charge in [0.05, 0.1) is 17.7 Å². The maximum Gasteiger partial charge on any atom is 0.173 e. The first-order chi connectivity index (χ1) is 7.75. The van der Waals surface area contributed by atoms with E-state index in [9.17, 15) is 9.90 Å². The van der Waals surface area contributed by atoms with Crippen molar-refractivity contribution in [3.8, 4) is 0 Å². The van der Waals surface area contributed by atoms with Crippen LogP contribution in [0.4, 0.5) is 0 Å². The van der Waals surface area contributed by atoms with Gasteiger partial charge in [0.15, 0.2) is 5.78 Å². The van der Waals surface area contributed by atoms with Crippen molar-refractivity contribution in [1.82, 2.24) is 4.98 Å². The first-order valence-electron chi connectivity index (χ1n) is 5.06. The minimum Gasteiger partial charge on any atom is -0.512 e. The number of Topliss-reactive ketones (excluding diaryl/α,β-unsaturated/α-hetero) is 1. The highest BCUT2D eigenvalue weighted by Gasteiger charge is 2.21. The van der Waals surface area contributed by atoms with Crippen LogP contribution in [0.15, 0.2) is 36.2 Å². The molecule has 16 heavy (non-hydrogen) atoms. The van der Waals surface area contributed by atoms with Crippen LogP contribution in [0.25, 0.3) is 16.8 Å². The van der Waals surface area contributed by atoms with Gasteiger partial charge in [-0.05, 0) is 5.39 Å². The van der Waals surface area contributed by atoms with Gasteiger partial charge in [0, 0.05) is 17.7 Å². The van der Waals surface area contributed by atoms with Crippen molar-refractivity contribution >= 4 is 22.6 Å². The summed E-state index contributed by atoms with van der Waals surface area (Å²) in [6, 6.07) is 7.64. The van der Waals surface area contributed by atoms with Gasteiger partial charge in [-0.25, -0.2) is 0 Å². The second-order valence-corrected chi connectivity index (χ2v) is 3.84. The van der Waals surface area contributed by atoms with Crippen LogP contribution < -0.4 is 0 Å². The SMILES string of the molecule is O=C1CC(O)=Cc2ncc3ccccc3c21. The predicted molar refractivity (Wildman–Crippen MR) is 61.3 cm³/mol. The van der Waals surface area contributed by atoms with Crippen LogP contribution in [-0.4, -0.2) is 15.9 Å². The van der Waals surface area contributed by atoms with Crippen LogP contribution in [0.5, 0.6) is 0 Å². The lowest BCUT2D eigenvalue weighted by Gasteiger charge is -2.13. The number of hydrogen-bond donors (Lipinski definition) is 1. The van der Waals surface area contributed by atoms with Gasteiger partial charge in [0.1, 0.15) is 5.76 Å². The molecule has 0 saturated heterocycles. The van der Waals surface area contributed by atoms with E-state index in [4.69, 9.17) is 0 Å². The van der Waals surface area contributed by atoms with Gasteiger partial charge in [0.25, 0.3) is 0 Å². The van der Waals surface area contributed by atoms with Gasteiger partial charge >= 0.3 is 0 Å². The Morgan fingerprint density at radius 3 is 2.94 bits per heavy atom. The molecule has 3 nitrogen and oxygen atoms in total. The average Bonchev–Trinajstić information content (AvgIpc) is 2.28. The van der Waals surface area contributed by atoms with Crippen LogP contribution >= 0.6 is 0 Å². The smallest absolute Gasteiger partial charge is 0.173 e. The van der Waals surface area contributed by atoms with Gasteiger partial charge in [-0.2, -0.15) is 0 Å². The summed E-state index contributed by atoms with van der Waals surface area (Å²) in [5, 5.41) is 11.3. The lowest BCUT2D eigenvalue weighted by molar-refractivity contribution is 0.0979. The van der Waals surface area contributed by atoms with E-state index in [-0.39, 0.29) is 18.0 Å². The van der Waals surface area contributed by atoms with E-state index in [0.717, 1.165) is 10.8 Å². The lowest BCUT2D eigenvalue weighted by atomic mass is 9.94. The number of nitrogens with zero attached hydrogens (tertiary/aromatic N) is 1. The van der Waals surface area contributed by atoms with Crippen LogP contribution in [0, 0.1) is 0 Å². The van der Waals surface area contributed by atoms with Crippen molar-refractivity contribution in [3.05, 3.63) is 47.5 Å². The number of aliphatic hydroxyl groups is 1. The number of ketones is 1. The Hall–Kier alpha value is -2.16. The predicted octanol–water partition coefficient (Wildman–Crippen LogP) is 2.72. The Balaban J connectivity index is 2.43. The van der Waals surface area contributed by atoms with E-state index in [1.807, 2.05) is 24.3 Å². The zero-order chi connectivity index (χ0) is 11.1. The standard InChI is InChI=1S/C13H9NO2/c15-9-5-11-13(12(16)6-9)10-4-2-1-3-8(10)7-14-11/h1-5,7,15H,6H2. The van der Waals surface area contributed by atoms with E-state index in [1.165, 1.54) is 0 Å². The molecule has 0 fully saturated rings. The number of aliphatic hydroxyl groups excluding tert-OH is 1. The molecule has 3 heteroatoms. The molecule has 0 atom stereocenters. The molecular formula is C13H9NO2. The summed E-state index contributed by atoms with van der Waals surface area (Å²) in [5.41, 5.74) is 1.18. The Bertz CT molecular complexity index is 629. The van der Waals surface area contributed by atoms with Crippen molar-refractivity contribution in [2.75, 3.05) is 0 Å². The highest BCUT2D eigenvalue weighted by molar-refractivity contribution is 6.12. The zero-order valence-corrected chi connectivity index (χ0v) is 8.47. The third-order valence-corrected chi connectivity index (χ3v) is 2.75. The molecule has 0 amide bonds. The molecule has 0 saturated carbocycles. The van der Waals surface area contributed by atoms with Gasteiger partial charge in [0.2, 0.25) is 0 Å². The highest BCUT2D eigenvalue weighted by atomic mass is 16.3. The second-order valence-electron chi connectivity index (χ2n) is 3.84. The number of rotatable bonds is 0. The molecule has 0 radical (unpaired) electrons. The van der Waals surface area contributed by atoms with Crippen LogP contribution in [-0.2, 0) is 0 Å². The monoisotopic (exact) mass is 211 g/mol.